The zero-order valence-electron chi connectivity index (χ0n) is 10.8. The van der Waals surface area contributed by atoms with Crippen molar-refractivity contribution in [3.8, 4) is 0 Å². The third-order valence-corrected chi connectivity index (χ3v) is 3.54. The number of amides is 1. The van der Waals surface area contributed by atoms with Crippen LogP contribution in [0.25, 0.3) is 0 Å². The summed E-state index contributed by atoms with van der Waals surface area (Å²) >= 11 is 1.34. The molecule has 3 nitrogen and oxygen atoms in total. The van der Waals surface area contributed by atoms with Gasteiger partial charge in [0.1, 0.15) is 5.82 Å². The Balaban J connectivity index is 2.15. The Bertz CT molecular complexity index is 666. The third kappa shape index (κ3) is 3.78. The molecule has 0 spiro atoms. The Hall–Kier alpha value is -1.96. The van der Waals surface area contributed by atoms with Crippen LogP contribution >= 0.6 is 11.3 Å². The highest BCUT2D eigenvalue weighted by Crippen LogP contribution is 2.30. The molecule has 0 fully saturated rings. The second kappa shape index (κ2) is 5.80. The number of carbonyl (C=O) groups is 1. The number of halogens is 4. The van der Waals surface area contributed by atoms with Gasteiger partial charge in [-0.25, -0.2) is 9.37 Å². The molecule has 2 rings (SSSR count). The lowest BCUT2D eigenvalue weighted by molar-refractivity contribution is -0.137. The number of alkyl halides is 3. The highest BCUT2D eigenvalue weighted by molar-refractivity contribution is 7.11. The Morgan fingerprint density at radius 1 is 1.38 bits per heavy atom. The fraction of sp³-hybridized carbons (Fsp3) is 0.231. The first-order valence-corrected chi connectivity index (χ1v) is 6.65. The van der Waals surface area contributed by atoms with Gasteiger partial charge in [0.25, 0.3) is 5.91 Å². The van der Waals surface area contributed by atoms with E-state index in [9.17, 15) is 22.4 Å². The highest BCUT2D eigenvalue weighted by Gasteiger charge is 2.31. The first-order chi connectivity index (χ1) is 9.77. The molecule has 0 saturated carbocycles. The van der Waals surface area contributed by atoms with E-state index in [1.54, 1.807) is 13.1 Å². The summed E-state index contributed by atoms with van der Waals surface area (Å²) in [5, 5.41) is 3.17. The minimum Gasteiger partial charge on any atom is -0.347 e. The molecule has 0 radical (unpaired) electrons. The fourth-order valence-electron chi connectivity index (χ4n) is 1.63. The average Bonchev–Trinajstić information content (AvgIpc) is 2.81. The second-order valence-corrected chi connectivity index (χ2v) is 5.54. The predicted molar refractivity (Wildman–Crippen MR) is 69.4 cm³/mol. The molecule has 1 heterocycles. The van der Waals surface area contributed by atoms with Crippen molar-refractivity contribution in [1.29, 1.82) is 0 Å². The molecule has 1 aromatic carbocycles. The normalized spacial score (nSPS) is 11.5. The van der Waals surface area contributed by atoms with Gasteiger partial charge in [0.05, 0.1) is 22.7 Å². The van der Waals surface area contributed by atoms with E-state index in [0.717, 1.165) is 9.88 Å². The fourth-order valence-corrected chi connectivity index (χ4v) is 2.36. The van der Waals surface area contributed by atoms with Gasteiger partial charge in [0, 0.05) is 11.1 Å². The summed E-state index contributed by atoms with van der Waals surface area (Å²) in [4.78, 5) is 16.5. The summed E-state index contributed by atoms with van der Waals surface area (Å²) in [6, 6.07) is 1.73. The summed E-state index contributed by atoms with van der Waals surface area (Å²) in [5.74, 6) is -1.90. The molecule has 1 N–H and O–H groups in total. The van der Waals surface area contributed by atoms with Crippen LogP contribution in [-0.4, -0.2) is 10.9 Å². The number of carbonyl (C=O) groups excluding carboxylic acids is 1. The van der Waals surface area contributed by atoms with Crippen molar-refractivity contribution < 1.29 is 22.4 Å². The first-order valence-electron chi connectivity index (χ1n) is 5.83. The number of benzene rings is 1. The van der Waals surface area contributed by atoms with Crippen LogP contribution in [0.2, 0.25) is 0 Å². The Labute approximate surface area is 121 Å². The van der Waals surface area contributed by atoms with Gasteiger partial charge in [-0.2, -0.15) is 13.2 Å². The Morgan fingerprint density at radius 3 is 2.67 bits per heavy atom. The summed E-state index contributed by atoms with van der Waals surface area (Å²) in [5.41, 5.74) is -1.70. The number of hydrogen-bond acceptors (Lipinski definition) is 3. The molecule has 0 saturated heterocycles. The zero-order valence-corrected chi connectivity index (χ0v) is 11.6. The zero-order chi connectivity index (χ0) is 15.6. The molecule has 0 aliphatic heterocycles. The molecule has 8 heteroatoms. The number of aryl methyl sites for hydroxylation is 1. The second-order valence-electron chi connectivity index (χ2n) is 4.22. The van der Waals surface area contributed by atoms with E-state index in [1.807, 2.05) is 0 Å². The van der Waals surface area contributed by atoms with Crippen molar-refractivity contribution in [2.45, 2.75) is 19.6 Å². The molecule has 2 aromatic rings. The van der Waals surface area contributed by atoms with Crippen molar-refractivity contribution in [2.75, 3.05) is 0 Å². The van der Waals surface area contributed by atoms with Crippen LogP contribution in [0.1, 0.15) is 25.8 Å². The largest absolute Gasteiger partial charge is 0.416 e. The van der Waals surface area contributed by atoms with Gasteiger partial charge >= 0.3 is 6.18 Å². The minimum atomic E-state index is -4.63. The lowest BCUT2D eigenvalue weighted by atomic mass is 10.1. The number of hydrogen-bond donors (Lipinski definition) is 1. The van der Waals surface area contributed by atoms with Crippen LogP contribution in [0.3, 0.4) is 0 Å². The van der Waals surface area contributed by atoms with E-state index in [1.165, 1.54) is 11.3 Å². The van der Waals surface area contributed by atoms with Crippen LogP contribution in [-0.2, 0) is 12.7 Å². The SMILES string of the molecule is Cc1ncc(CNC(=O)c2cc(C(F)(F)F)ccc2F)s1. The Kier molecular flexibility index (Phi) is 4.26. The van der Waals surface area contributed by atoms with Crippen LogP contribution in [0.5, 0.6) is 0 Å². The molecule has 1 aromatic heterocycles. The van der Waals surface area contributed by atoms with E-state index in [2.05, 4.69) is 10.3 Å². The molecular formula is C13H10F4N2OS. The number of thiazole rings is 1. The third-order valence-electron chi connectivity index (χ3n) is 2.63. The van der Waals surface area contributed by atoms with Crippen LogP contribution in [0.4, 0.5) is 17.6 Å². The van der Waals surface area contributed by atoms with Crippen LogP contribution in [0.15, 0.2) is 24.4 Å². The van der Waals surface area contributed by atoms with Crippen molar-refractivity contribution in [1.82, 2.24) is 10.3 Å². The number of nitrogens with zero attached hydrogens (tertiary/aromatic N) is 1. The van der Waals surface area contributed by atoms with Gasteiger partial charge in [-0.05, 0) is 25.1 Å². The van der Waals surface area contributed by atoms with Gasteiger partial charge in [-0.1, -0.05) is 0 Å². The minimum absolute atomic E-state index is 0.0834. The van der Waals surface area contributed by atoms with Crippen molar-refractivity contribution in [2.24, 2.45) is 0 Å². The molecule has 0 bridgehead atoms. The number of aromatic nitrogens is 1. The monoisotopic (exact) mass is 318 g/mol. The highest BCUT2D eigenvalue weighted by atomic mass is 32.1. The molecule has 21 heavy (non-hydrogen) atoms. The van der Waals surface area contributed by atoms with Gasteiger partial charge in [0.2, 0.25) is 0 Å². The maximum Gasteiger partial charge on any atom is 0.416 e. The summed E-state index contributed by atoms with van der Waals surface area (Å²) in [6.45, 7) is 1.86. The van der Waals surface area contributed by atoms with Crippen molar-refractivity contribution >= 4 is 17.2 Å². The van der Waals surface area contributed by atoms with Crippen molar-refractivity contribution in [3.05, 3.63) is 51.2 Å². The van der Waals surface area contributed by atoms with E-state index in [0.29, 0.717) is 18.2 Å². The lowest BCUT2D eigenvalue weighted by Crippen LogP contribution is -2.24. The maximum absolute atomic E-state index is 13.5. The van der Waals surface area contributed by atoms with E-state index >= 15 is 0 Å². The quantitative estimate of drug-likeness (QED) is 0.880. The van der Waals surface area contributed by atoms with Crippen molar-refractivity contribution in [3.63, 3.8) is 0 Å². The van der Waals surface area contributed by atoms with Crippen LogP contribution < -0.4 is 5.32 Å². The molecule has 1 amide bonds. The molecule has 0 aliphatic rings. The van der Waals surface area contributed by atoms with Crippen LogP contribution in [0, 0.1) is 12.7 Å². The smallest absolute Gasteiger partial charge is 0.347 e. The first kappa shape index (κ1) is 15.4. The van der Waals surface area contributed by atoms with Gasteiger partial charge < -0.3 is 5.32 Å². The van der Waals surface area contributed by atoms with Gasteiger partial charge in [0.15, 0.2) is 0 Å². The number of rotatable bonds is 3. The van der Waals surface area contributed by atoms with Gasteiger partial charge in [-0.15, -0.1) is 11.3 Å². The predicted octanol–water partition coefficient (Wildman–Crippen LogP) is 3.54. The van der Waals surface area contributed by atoms with E-state index < -0.39 is 29.0 Å². The molecule has 0 aliphatic carbocycles. The molecule has 0 atom stereocenters. The van der Waals surface area contributed by atoms with E-state index in [-0.39, 0.29) is 6.54 Å². The molecule has 0 unspecified atom stereocenters. The summed E-state index contributed by atoms with van der Waals surface area (Å²) < 4.78 is 51.2. The molecular weight excluding hydrogens is 308 g/mol. The topological polar surface area (TPSA) is 42.0 Å². The Morgan fingerprint density at radius 2 is 2.10 bits per heavy atom. The lowest BCUT2D eigenvalue weighted by Gasteiger charge is -2.09. The maximum atomic E-state index is 13.5. The summed E-state index contributed by atoms with van der Waals surface area (Å²) in [7, 11) is 0. The van der Waals surface area contributed by atoms with E-state index in [4.69, 9.17) is 0 Å². The molecule has 112 valence electrons. The standard InChI is InChI=1S/C13H10F4N2OS/c1-7-18-5-9(21-7)6-19-12(20)10-4-8(13(15,16)17)2-3-11(10)14/h2-5H,6H2,1H3,(H,19,20). The van der Waals surface area contributed by atoms with Gasteiger partial charge in [-0.3, -0.25) is 4.79 Å². The summed E-state index contributed by atoms with van der Waals surface area (Å²) in [6.07, 6.45) is -3.08. The average molecular weight is 318 g/mol. The number of nitrogens with one attached hydrogen (secondary N) is 1.